The van der Waals surface area contributed by atoms with Crippen LogP contribution in [0.5, 0.6) is 0 Å². The summed E-state index contributed by atoms with van der Waals surface area (Å²) in [4.78, 5) is 11.3. The minimum absolute atomic E-state index is 0.267. The van der Waals surface area contributed by atoms with Crippen molar-refractivity contribution in [1.29, 1.82) is 0 Å². The van der Waals surface area contributed by atoms with Gasteiger partial charge in [0.05, 0.1) is 11.0 Å². The topological polar surface area (TPSA) is 49.3 Å². The molecule has 0 aliphatic heterocycles. The number of anilines is 1. The molecular weight excluding hydrogens is 271 g/mol. The van der Waals surface area contributed by atoms with E-state index in [1.54, 1.807) is 6.92 Å². The van der Waals surface area contributed by atoms with Gasteiger partial charge in [0.2, 0.25) is 0 Å². The largest absolute Gasteiger partial charge is 0.481 e. The molecule has 0 spiro atoms. The highest BCUT2D eigenvalue weighted by molar-refractivity contribution is 5.76. The van der Waals surface area contributed by atoms with E-state index >= 15 is 0 Å². The zero-order valence-corrected chi connectivity index (χ0v) is 11.0. The quantitative estimate of drug-likeness (QED) is 0.890. The second-order valence-corrected chi connectivity index (χ2v) is 5.39. The Balaban J connectivity index is 2.13. The summed E-state index contributed by atoms with van der Waals surface area (Å²) in [6, 6.07) is 4.40. The molecule has 2 unspecified atom stereocenters. The first-order valence-electron chi connectivity index (χ1n) is 6.41. The lowest BCUT2D eigenvalue weighted by Gasteiger charge is -2.28. The molecule has 2 atom stereocenters. The normalized spacial score (nSPS) is 26.5. The first kappa shape index (κ1) is 14.7. The predicted octanol–water partition coefficient (Wildman–Crippen LogP) is 3.76. The van der Waals surface area contributed by atoms with Crippen LogP contribution in [0.4, 0.5) is 18.9 Å². The SMILES string of the molecule is CC1(C(=O)O)CCCC1Nc1ccc(C(F)(F)F)cc1. The van der Waals surface area contributed by atoms with Crippen molar-refractivity contribution >= 4 is 11.7 Å². The molecule has 1 saturated carbocycles. The van der Waals surface area contributed by atoms with Gasteiger partial charge in [-0.15, -0.1) is 0 Å². The average Bonchev–Trinajstić information content (AvgIpc) is 2.72. The Morgan fingerprint density at radius 2 is 1.95 bits per heavy atom. The van der Waals surface area contributed by atoms with E-state index in [0.717, 1.165) is 18.6 Å². The maximum Gasteiger partial charge on any atom is 0.416 e. The highest BCUT2D eigenvalue weighted by Gasteiger charge is 2.45. The van der Waals surface area contributed by atoms with Crippen molar-refractivity contribution in [2.45, 2.75) is 38.4 Å². The van der Waals surface area contributed by atoms with Crippen LogP contribution in [0.3, 0.4) is 0 Å². The maximum atomic E-state index is 12.5. The molecule has 1 aliphatic rings. The number of carbonyl (C=O) groups is 1. The monoisotopic (exact) mass is 287 g/mol. The van der Waals surface area contributed by atoms with E-state index in [1.807, 2.05) is 0 Å². The van der Waals surface area contributed by atoms with Gasteiger partial charge >= 0.3 is 12.1 Å². The maximum absolute atomic E-state index is 12.5. The number of rotatable bonds is 3. The number of benzene rings is 1. The van der Waals surface area contributed by atoms with Gasteiger partial charge in [-0.2, -0.15) is 13.2 Å². The molecular formula is C14H16F3NO2. The molecule has 3 nitrogen and oxygen atoms in total. The predicted molar refractivity (Wildman–Crippen MR) is 68.4 cm³/mol. The number of alkyl halides is 3. The van der Waals surface area contributed by atoms with Crippen molar-refractivity contribution in [3.05, 3.63) is 29.8 Å². The lowest BCUT2D eigenvalue weighted by molar-refractivity contribution is -0.148. The summed E-state index contributed by atoms with van der Waals surface area (Å²) < 4.78 is 37.4. The van der Waals surface area contributed by atoms with Crippen molar-refractivity contribution in [1.82, 2.24) is 0 Å². The Morgan fingerprint density at radius 1 is 1.35 bits per heavy atom. The molecule has 20 heavy (non-hydrogen) atoms. The lowest BCUT2D eigenvalue weighted by atomic mass is 9.85. The standard InChI is InChI=1S/C14H16F3NO2/c1-13(12(19)20)8-2-3-11(13)18-10-6-4-9(5-7-10)14(15,16)17/h4-7,11,18H,2-3,8H2,1H3,(H,19,20). The van der Waals surface area contributed by atoms with Crippen molar-refractivity contribution < 1.29 is 23.1 Å². The summed E-state index contributed by atoms with van der Waals surface area (Å²) in [5.41, 5.74) is -1.07. The fraction of sp³-hybridized carbons (Fsp3) is 0.500. The van der Waals surface area contributed by atoms with Crippen molar-refractivity contribution in [3.8, 4) is 0 Å². The zero-order chi connectivity index (χ0) is 15.0. The Bertz CT molecular complexity index is 498. The van der Waals surface area contributed by atoms with Gasteiger partial charge in [-0.1, -0.05) is 6.42 Å². The van der Waals surface area contributed by atoms with E-state index in [4.69, 9.17) is 0 Å². The summed E-state index contributed by atoms with van der Waals surface area (Å²) in [5, 5.41) is 12.3. The van der Waals surface area contributed by atoms with E-state index in [1.165, 1.54) is 12.1 Å². The number of halogens is 3. The van der Waals surface area contributed by atoms with Crippen LogP contribution in [0, 0.1) is 5.41 Å². The summed E-state index contributed by atoms with van der Waals surface area (Å²) >= 11 is 0. The van der Waals surface area contributed by atoms with Gasteiger partial charge in [-0.3, -0.25) is 4.79 Å². The summed E-state index contributed by atoms with van der Waals surface area (Å²) in [7, 11) is 0. The van der Waals surface area contributed by atoms with Crippen LogP contribution in [-0.4, -0.2) is 17.1 Å². The van der Waals surface area contributed by atoms with Crippen LogP contribution in [0.1, 0.15) is 31.7 Å². The van der Waals surface area contributed by atoms with Gasteiger partial charge < -0.3 is 10.4 Å². The van der Waals surface area contributed by atoms with Crippen LogP contribution in [0.25, 0.3) is 0 Å². The minimum Gasteiger partial charge on any atom is -0.481 e. The van der Waals surface area contributed by atoms with Crippen molar-refractivity contribution in [3.63, 3.8) is 0 Å². The van der Waals surface area contributed by atoms with Crippen LogP contribution >= 0.6 is 0 Å². The lowest BCUT2D eigenvalue weighted by Crippen LogP contribution is -2.40. The fourth-order valence-corrected chi connectivity index (χ4v) is 2.61. The molecule has 1 aromatic rings. The Kier molecular flexibility index (Phi) is 3.67. The van der Waals surface area contributed by atoms with Gasteiger partial charge in [0.25, 0.3) is 0 Å². The minimum atomic E-state index is -4.36. The average molecular weight is 287 g/mol. The fourth-order valence-electron chi connectivity index (χ4n) is 2.61. The van der Waals surface area contributed by atoms with Crippen LogP contribution in [0.2, 0.25) is 0 Å². The molecule has 1 aliphatic carbocycles. The smallest absolute Gasteiger partial charge is 0.416 e. The second-order valence-electron chi connectivity index (χ2n) is 5.39. The molecule has 0 radical (unpaired) electrons. The van der Waals surface area contributed by atoms with E-state index in [-0.39, 0.29) is 6.04 Å². The van der Waals surface area contributed by atoms with Gasteiger partial charge in [0, 0.05) is 11.7 Å². The number of aliphatic carboxylic acids is 1. The van der Waals surface area contributed by atoms with E-state index in [9.17, 15) is 23.1 Å². The number of hydrogen-bond acceptors (Lipinski definition) is 2. The van der Waals surface area contributed by atoms with Gasteiger partial charge in [0.1, 0.15) is 0 Å². The molecule has 110 valence electrons. The summed E-state index contributed by atoms with van der Waals surface area (Å²) in [6.07, 6.45) is -2.30. The Labute approximate surface area is 114 Å². The highest BCUT2D eigenvalue weighted by atomic mass is 19.4. The zero-order valence-electron chi connectivity index (χ0n) is 11.0. The van der Waals surface area contributed by atoms with Crippen molar-refractivity contribution in [2.75, 3.05) is 5.32 Å². The summed E-state index contributed by atoms with van der Waals surface area (Å²) in [6.45, 7) is 1.67. The molecule has 1 fully saturated rings. The Morgan fingerprint density at radius 3 is 2.45 bits per heavy atom. The van der Waals surface area contributed by atoms with E-state index in [2.05, 4.69) is 5.32 Å². The van der Waals surface area contributed by atoms with Crippen LogP contribution in [0.15, 0.2) is 24.3 Å². The van der Waals surface area contributed by atoms with Gasteiger partial charge in [-0.25, -0.2) is 0 Å². The first-order valence-corrected chi connectivity index (χ1v) is 6.41. The Hall–Kier alpha value is -1.72. The molecule has 1 aromatic carbocycles. The molecule has 0 saturated heterocycles. The molecule has 0 amide bonds. The molecule has 6 heteroatoms. The molecule has 0 heterocycles. The molecule has 2 rings (SSSR count). The highest BCUT2D eigenvalue weighted by Crippen LogP contribution is 2.40. The third-order valence-corrected chi connectivity index (χ3v) is 4.00. The number of carboxylic acid groups (broad SMARTS) is 1. The third kappa shape index (κ3) is 2.73. The summed E-state index contributed by atoms with van der Waals surface area (Å²) in [5.74, 6) is -0.876. The second kappa shape index (κ2) is 5.00. The first-order chi connectivity index (χ1) is 9.23. The van der Waals surface area contributed by atoms with Crippen LogP contribution < -0.4 is 5.32 Å². The third-order valence-electron chi connectivity index (χ3n) is 4.00. The molecule has 2 N–H and O–H groups in total. The number of carboxylic acids is 1. The van der Waals surface area contributed by atoms with E-state index in [0.29, 0.717) is 18.5 Å². The van der Waals surface area contributed by atoms with Crippen molar-refractivity contribution in [2.24, 2.45) is 5.41 Å². The van der Waals surface area contributed by atoms with Gasteiger partial charge in [0.15, 0.2) is 0 Å². The van der Waals surface area contributed by atoms with Gasteiger partial charge in [-0.05, 0) is 44.0 Å². The van der Waals surface area contributed by atoms with Crippen LogP contribution in [-0.2, 0) is 11.0 Å². The number of nitrogens with one attached hydrogen (secondary N) is 1. The molecule has 0 aromatic heterocycles. The number of hydrogen-bond donors (Lipinski definition) is 2. The van der Waals surface area contributed by atoms with E-state index < -0.39 is 23.1 Å². The molecule has 0 bridgehead atoms.